The van der Waals surface area contributed by atoms with Crippen LogP contribution in [0.25, 0.3) is 0 Å². The van der Waals surface area contributed by atoms with E-state index < -0.39 is 0 Å². The lowest BCUT2D eigenvalue weighted by Gasteiger charge is -2.30. The fourth-order valence-corrected chi connectivity index (χ4v) is 3.20. The SMILES string of the molecule is CC1CCN(CC(N)C2CCCCC2)C1. The molecule has 0 aromatic rings. The summed E-state index contributed by atoms with van der Waals surface area (Å²) in [5.41, 5.74) is 6.33. The molecule has 2 nitrogen and oxygen atoms in total. The van der Waals surface area contributed by atoms with E-state index in [0.717, 1.165) is 18.4 Å². The quantitative estimate of drug-likeness (QED) is 0.774. The minimum Gasteiger partial charge on any atom is -0.326 e. The lowest BCUT2D eigenvalue weighted by Crippen LogP contribution is -2.42. The molecule has 1 aliphatic carbocycles. The van der Waals surface area contributed by atoms with Crippen LogP contribution in [0, 0.1) is 11.8 Å². The third kappa shape index (κ3) is 3.18. The molecule has 0 aromatic carbocycles. The highest BCUT2D eigenvalue weighted by molar-refractivity contribution is 4.82. The van der Waals surface area contributed by atoms with Crippen LogP contribution in [0.2, 0.25) is 0 Å². The van der Waals surface area contributed by atoms with E-state index >= 15 is 0 Å². The summed E-state index contributed by atoms with van der Waals surface area (Å²) in [5.74, 6) is 1.71. The van der Waals surface area contributed by atoms with Crippen molar-refractivity contribution in [2.45, 2.75) is 51.5 Å². The highest BCUT2D eigenvalue weighted by Crippen LogP contribution is 2.26. The van der Waals surface area contributed by atoms with Crippen LogP contribution < -0.4 is 5.73 Å². The summed E-state index contributed by atoms with van der Waals surface area (Å²) in [6, 6.07) is 0.440. The van der Waals surface area contributed by atoms with Crippen LogP contribution in [0.4, 0.5) is 0 Å². The van der Waals surface area contributed by atoms with Gasteiger partial charge in [-0.15, -0.1) is 0 Å². The third-order valence-corrected chi connectivity index (χ3v) is 4.23. The molecule has 2 atom stereocenters. The van der Waals surface area contributed by atoms with Gasteiger partial charge in [0.25, 0.3) is 0 Å². The molecule has 0 amide bonds. The first-order chi connectivity index (χ1) is 7.25. The Labute approximate surface area is 94.2 Å². The number of rotatable bonds is 3. The van der Waals surface area contributed by atoms with Crippen molar-refractivity contribution in [3.8, 4) is 0 Å². The first-order valence-electron chi connectivity index (χ1n) is 6.73. The minimum absolute atomic E-state index is 0.440. The van der Waals surface area contributed by atoms with Gasteiger partial charge in [-0.05, 0) is 37.6 Å². The molecule has 1 saturated heterocycles. The van der Waals surface area contributed by atoms with Gasteiger partial charge >= 0.3 is 0 Å². The predicted octanol–water partition coefficient (Wildman–Crippen LogP) is 2.24. The van der Waals surface area contributed by atoms with Crippen molar-refractivity contribution in [3.63, 3.8) is 0 Å². The Morgan fingerprint density at radius 1 is 1.20 bits per heavy atom. The lowest BCUT2D eigenvalue weighted by molar-refractivity contribution is 0.230. The van der Waals surface area contributed by atoms with Gasteiger partial charge in [-0.1, -0.05) is 26.2 Å². The summed E-state index contributed by atoms with van der Waals surface area (Å²) in [7, 11) is 0. The molecule has 1 aliphatic heterocycles. The van der Waals surface area contributed by atoms with Crippen molar-refractivity contribution in [1.29, 1.82) is 0 Å². The molecule has 2 unspecified atom stereocenters. The number of nitrogens with zero attached hydrogens (tertiary/aromatic N) is 1. The average Bonchev–Trinajstić information content (AvgIpc) is 2.65. The molecule has 1 heterocycles. The molecule has 15 heavy (non-hydrogen) atoms. The van der Waals surface area contributed by atoms with Crippen LogP contribution in [0.1, 0.15) is 45.4 Å². The van der Waals surface area contributed by atoms with Gasteiger partial charge in [0, 0.05) is 19.1 Å². The summed E-state index contributed by atoms with van der Waals surface area (Å²) in [4.78, 5) is 2.57. The Bertz CT molecular complexity index is 187. The van der Waals surface area contributed by atoms with Crippen molar-refractivity contribution < 1.29 is 0 Å². The van der Waals surface area contributed by atoms with E-state index in [1.54, 1.807) is 0 Å². The van der Waals surface area contributed by atoms with E-state index in [9.17, 15) is 0 Å². The number of nitrogens with two attached hydrogens (primary N) is 1. The molecule has 0 radical (unpaired) electrons. The standard InChI is InChI=1S/C13H26N2/c1-11-7-8-15(9-11)10-13(14)12-5-3-2-4-6-12/h11-13H,2-10,14H2,1H3. The molecule has 0 aromatic heterocycles. The number of likely N-dealkylation sites (tertiary alicyclic amines) is 1. The second kappa shape index (κ2) is 5.31. The summed E-state index contributed by atoms with van der Waals surface area (Å²) in [6.07, 6.45) is 8.39. The Morgan fingerprint density at radius 2 is 1.93 bits per heavy atom. The van der Waals surface area contributed by atoms with Gasteiger partial charge in [0.15, 0.2) is 0 Å². The molecule has 2 N–H and O–H groups in total. The Morgan fingerprint density at radius 3 is 2.53 bits per heavy atom. The van der Waals surface area contributed by atoms with Crippen LogP contribution in [0.3, 0.4) is 0 Å². The van der Waals surface area contributed by atoms with E-state index in [1.807, 2.05) is 0 Å². The Kier molecular flexibility index (Phi) is 4.04. The summed E-state index contributed by atoms with van der Waals surface area (Å²) >= 11 is 0. The van der Waals surface area contributed by atoms with Crippen molar-refractivity contribution in [3.05, 3.63) is 0 Å². The van der Waals surface area contributed by atoms with Gasteiger partial charge in [0.05, 0.1) is 0 Å². The van der Waals surface area contributed by atoms with Crippen LogP contribution in [0.15, 0.2) is 0 Å². The molecular weight excluding hydrogens is 184 g/mol. The minimum atomic E-state index is 0.440. The molecule has 0 spiro atoms. The van der Waals surface area contributed by atoms with E-state index in [-0.39, 0.29) is 0 Å². The van der Waals surface area contributed by atoms with Crippen LogP contribution in [0.5, 0.6) is 0 Å². The zero-order valence-corrected chi connectivity index (χ0v) is 10.1. The zero-order valence-electron chi connectivity index (χ0n) is 10.1. The first-order valence-corrected chi connectivity index (χ1v) is 6.73. The second-order valence-corrected chi connectivity index (χ2v) is 5.72. The van der Waals surface area contributed by atoms with E-state index in [4.69, 9.17) is 5.73 Å². The van der Waals surface area contributed by atoms with Crippen molar-refractivity contribution in [1.82, 2.24) is 4.90 Å². The summed E-state index contributed by atoms with van der Waals surface area (Å²) in [5, 5.41) is 0. The number of hydrogen-bond donors (Lipinski definition) is 1. The molecule has 1 saturated carbocycles. The predicted molar refractivity (Wildman–Crippen MR) is 64.8 cm³/mol. The van der Waals surface area contributed by atoms with Gasteiger partial charge < -0.3 is 10.6 Å². The van der Waals surface area contributed by atoms with Gasteiger partial charge in [0.2, 0.25) is 0 Å². The molecule has 2 aliphatic rings. The Hall–Kier alpha value is -0.0800. The van der Waals surface area contributed by atoms with Crippen molar-refractivity contribution in [2.75, 3.05) is 19.6 Å². The topological polar surface area (TPSA) is 29.3 Å². The van der Waals surface area contributed by atoms with E-state index in [2.05, 4.69) is 11.8 Å². The molecular formula is C13H26N2. The molecule has 2 heteroatoms. The van der Waals surface area contributed by atoms with E-state index in [1.165, 1.54) is 51.6 Å². The maximum absolute atomic E-state index is 6.33. The maximum atomic E-state index is 6.33. The van der Waals surface area contributed by atoms with Crippen LogP contribution in [-0.2, 0) is 0 Å². The Balaban J connectivity index is 1.73. The van der Waals surface area contributed by atoms with E-state index in [0.29, 0.717) is 6.04 Å². The van der Waals surface area contributed by atoms with Gasteiger partial charge in [-0.3, -0.25) is 0 Å². The van der Waals surface area contributed by atoms with Gasteiger partial charge in [0.1, 0.15) is 0 Å². The van der Waals surface area contributed by atoms with Crippen LogP contribution >= 0.6 is 0 Å². The second-order valence-electron chi connectivity index (χ2n) is 5.72. The van der Waals surface area contributed by atoms with Crippen molar-refractivity contribution in [2.24, 2.45) is 17.6 Å². The van der Waals surface area contributed by atoms with Gasteiger partial charge in [-0.25, -0.2) is 0 Å². The smallest absolute Gasteiger partial charge is 0.0196 e. The van der Waals surface area contributed by atoms with Gasteiger partial charge in [-0.2, -0.15) is 0 Å². The highest BCUT2D eigenvalue weighted by Gasteiger charge is 2.25. The monoisotopic (exact) mass is 210 g/mol. The normalized spacial score (nSPS) is 32.0. The fraction of sp³-hybridized carbons (Fsp3) is 1.00. The maximum Gasteiger partial charge on any atom is 0.0196 e. The zero-order chi connectivity index (χ0) is 10.7. The third-order valence-electron chi connectivity index (χ3n) is 4.23. The number of hydrogen-bond acceptors (Lipinski definition) is 2. The largest absolute Gasteiger partial charge is 0.326 e. The lowest BCUT2D eigenvalue weighted by atomic mass is 9.84. The summed E-state index contributed by atoms with van der Waals surface area (Å²) in [6.45, 7) is 6.06. The average molecular weight is 210 g/mol. The molecule has 2 rings (SSSR count). The molecule has 88 valence electrons. The molecule has 2 fully saturated rings. The fourth-order valence-electron chi connectivity index (χ4n) is 3.20. The first kappa shape index (κ1) is 11.4. The highest BCUT2D eigenvalue weighted by atomic mass is 15.2. The van der Waals surface area contributed by atoms with Crippen LogP contribution in [-0.4, -0.2) is 30.6 Å². The van der Waals surface area contributed by atoms with Crippen molar-refractivity contribution >= 4 is 0 Å². The summed E-state index contributed by atoms with van der Waals surface area (Å²) < 4.78 is 0. The molecule has 0 bridgehead atoms.